The summed E-state index contributed by atoms with van der Waals surface area (Å²) in [5.41, 5.74) is -0.513. The lowest BCUT2D eigenvalue weighted by atomic mass is 10.3. The van der Waals surface area contributed by atoms with E-state index in [1.807, 2.05) is 0 Å². The number of carbonyl (C=O) groups excluding carboxylic acids is 1. The summed E-state index contributed by atoms with van der Waals surface area (Å²) in [5.74, 6) is -1.76. The van der Waals surface area contributed by atoms with E-state index >= 15 is 0 Å². The summed E-state index contributed by atoms with van der Waals surface area (Å²) < 4.78 is 23.0. The predicted molar refractivity (Wildman–Crippen MR) is 75.6 cm³/mol. The summed E-state index contributed by atoms with van der Waals surface area (Å²) in [6, 6.07) is 8.80. The molecule has 0 heterocycles. The van der Waals surface area contributed by atoms with Crippen LogP contribution in [0, 0.1) is 15.9 Å². The number of carbonyl (C=O) groups is 1. The zero-order valence-electron chi connectivity index (χ0n) is 11.0. The molecule has 0 atom stereocenters. The lowest BCUT2D eigenvalue weighted by Gasteiger charge is -2.07. The predicted octanol–water partition coefficient (Wildman–Crippen LogP) is 3.37. The van der Waals surface area contributed by atoms with Crippen molar-refractivity contribution in [1.82, 2.24) is 0 Å². The third-order valence-corrected chi connectivity index (χ3v) is 2.76. The lowest BCUT2D eigenvalue weighted by molar-refractivity contribution is -0.385. The number of esters is 1. The van der Waals surface area contributed by atoms with Crippen LogP contribution in [0.2, 0.25) is 5.02 Å². The summed E-state index contributed by atoms with van der Waals surface area (Å²) in [4.78, 5) is 21.6. The molecular formula is C14H9ClFNO5. The van der Waals surface area contributed by atoms with Gasteiger partial charge in [-0.05, 0) is 30.3 Å². The normalized spacial score (nSPS) is 10.1. The van der Waals surface area contributed by atoms with Crippen LogP contribution in [0.25, 0.3) is 0 Å². The molecule has 0 bridgehead atoms. The van der Waals surface area contributed by atoms with Crippen LogP contribution in [0.3, 0.4) is 0 Å². The first-order valence-corrected chi connectivity index (χ1v) is 6.36. The molecule has 8 heteroatoms. The molecule has 0 unspecified atom stereocenters. The van der Waals surface area contributed by atoms with Crippen molar-refractivity contribution in [2.45, 2.75) is 0 Å². The summed E-state index contributed by atoms with van der Waals surface area (Å²) in [5, 5.41) is 11.3. The minimum absolute atomic E-state index is 0.370. The van der Waals surface area contributed by atoms with Crippen molar-refractivity contribution >= 4 is 23.3 Å². The second kappa shape index (κ2) is 6.86. The molecule has 0 saturated heterocycles. The first-order chi connectivity index (χ1) is 10.5. The Bertz CT molecular complexity index is 705. The fraction of sp³-hybridized carbons (Fsp3) is 0.0714. The molecule has 114 valence electrons. The summed E-state index contributed by atoms with van der Waals surface area (Å²) >= 11 is 5.70. The Labute approximate surface area is 129 Å². The van der Waals surface area contributed by atoms with E-state index in [9.17, 15) is 19.3 Å². The second-order valence-corrected chi connectivity index (χ2v) is 4.52. The van der Waals surface area contributed by atoms with Crippen molar-refractivity contribution < 1.29 is 23.6 Å². The van der Waals surface area contributed by atoms with Gasteiger partial charge in [0.1, 0.15) is 11.6 Å². The molecule has 22 heavy (non-hydrogen) atoms. The molecule has 2 rings (SSSR count). The average molecular weight is 326 g/mol. The third kappa shape index (κ3) is 4.16. The molecular weight excluding hydrogens is 317 g/mol. The van der Waals surface area contributed by atoms with Crippen molar-refractivity contribution in [2.24, 2.45) is 0 Å². The number of hydrogen-bond acceptors (Lipinski definition) is 5. The number of rotatable bonds is 5. The second-order valence-electron chi connectivity index (χ2n) is 4.09. The monoisotopic (exact) mass is 325 g/mol. The van der Waals surface area contributed by atoms with Crippen LogP contribution in [0.15, 0.2) is 42.5 Å². The SMILES string of the molecule is O=C(COc1ccc(Cl)cc1)Oc1cc(F)ccc1[N+](=O)[O-]. The highest BCUT2D eigenvalue weighted by Crippen LogP contribution is 2.27. The quantitative estimate of drug-likeness (QED) is 0.364. The molecule has 6 nitrogen and oxygen atoms in total. The zero-order chi connectivity index (χ0) is 16.1. The molecule has 2 aromatic carbocycles. The molecule has 0 amide bonds. The number of nitro groups is 1. The van der Waals surface area contributed by atoms with Gasteiger partial charge in [0.2, 0.25) is 5.75 Å². The number of nitro benzene ring substituents is 1. The van der Waals surface area contributed by atoms with Crippen LogP contribution >= 0.6 is 11.6 Å². The van der Waals surface area contributed by atoms with Crippen LogP contribution in [-0.4, -0.2) is 17.5 Å². The fourth-order valence-corrected chi connectivity index (χ4v) is 1.67. The van der Waals surface area contributed by atoms with E-state index in [-0.39, 0.29) is 0 Å². The van der Waals surface area contributed by atoms with Gasteiger partial charge >= 0.3 is 11.7 Å². The number of halogens is 2. The molecule has 0 spiro atoms. The van der Waals surface area contributed by atoms with Crippen molar-refractivity contribution in [3.05, 3.63) is 63.4 Å². The zero-order valence-corrected chi connectivity index (χ0v) is 11.7. The van der Waals surface area contributed by atoms with Gasteiger partial charge in [-0.2, -0.15) is 0 Å². The fourth-order valence-electron chi connectivity index (χ4n) is 1.55. The van der Waals surface area contributed by atoms with Gasteiger partial charge in [-0.3, -0.25) is 10.1 Å². The number of nitrogens with zero attached hydrogens (tertiary/aromatic N) is 1. The first-order valence-electron chi connectivity index (χ1n) is 5.98. The maximum atomic E-state index is 13.1. The smallest absolute Gasteiger partial charge is 0.349 e. The van der Waals surface area contributed by atoms with Gasteiger partial charge in [0.15, 0.2) is 6.61 Å². The Hall–Kier alpha value is -2.67. The minimum Gasteiger partial charge on any atom is -0.482 e. The maximum Gasteiger partial charge on any atom is 0.349 e. The highest BCUT2D eigenvalue weighted by Gasteiger charge is 2.19. The standard InChI is InChI=1S/C14H9ClFNO5/c15-9-1-4-11(5-2-9)21-8-14(18)22-13-7-10(16)3-6-12(13)17(19)20/h1-7H,8H2. The molecule has 0 saturated carbocycles. The van der Waals surface area contributed by atoms with Crippen LogP contribution < -0.4 is 9.47 Å². The Morgan fingerprint density at radius 3 is 2.55 bits per heavy atom. The molecule has 2 aromatic rings. The third-order valence-electron chi connectivity index (χ3n) is 2.51. The number of ether oxygens (including phenoxy) is 2. The van der Waals surface area contributed by atoms with E-state index in [4.69, 9.17) is 21.1 Å². The Morgan fingerprint density at radius 1 is 1.23 bits per heavy atom. The lowest BCUT2D eigenvalue weighted by Crippen LogP contribution is -2.18. The summed E-state index contributed by atoms with van der Waals surface area (Å²) in [6.45, 7) is -0.491. The maximum absolute atomic E-state index is 13.1. The van der Waals surface area contributed by atoms with Crippen molar-refractivity contribution in [2.75, 3.05) is 6.61 Å². The Balaban J connectivity index is 2.01. The van der Waals surface area contributed by atoms with Gasteiger partial charge in [-0.1, -0.05) is 11.6 Å². The van der Waals surface area contributed by atoms with Crippen molar-refractivity contribution in [3.63, 3.8) is 0 Å². The van der Waals surface area contributed by atoms with E-state index in [0.717, 1.165) is 18.2 Å². The number of hydrogen-bond donors (Lipinski definition) is 0. The molecule has 0 aromatic heterocycles. The van der Waals surface area contributed by atoms with E-state index in [0.29, 0.717) is 10.8 Å². The first kappa shape index (κ1) is 15.7. The number of benzene rings is 2. The van der Waals surface area contributed by atoms with E-state index < -0.39 is 34.8 Å². The Morgan fingerprint density at radius 2 is 1.91 bits per heavy atom. The van der Waals surface area contributed by atoms with E-state index in [1.165, 1.54) is 0 Å². The van der Waals surface area contributed by atoms with Gasteiger partial charge in [0.25, 0.3) is 0 Å². The molecule has 0 aliphatic rings. The summed E-state index contributed by atoms with van der Waals surface area (Å²) in [6.07, 6.45) is 0. The van der Waals surface area contributed by atoms with Crippen molar-refractivity contribution in [1.29, 1.82) is 0 Å². The Kier molecular flexibility index (Phi) is 4.90. The van der Waals surface area contributed by atoms with Crippen LogP contribution in [-0.2, 0) is 4.79 Å². The van der Waals surface area contributed by atoms with Gasteiger partial charge in [-0.15, -0.1) is 0 Å². The molecule has 0 aliphatic heterocycles. The molecule has 0 radical (unpaired) electrons. The molecule has 0 fully saturated rings. The minimum atomic E-state index is -0.899. The van der Waals surface area contributed by atoms with E-state index in [2.05, 4.69) is 0 Å². The van der Waals surface area contributed by atoms with Crippen molar-refractivity contribution in [3.8, 4) is 11.5 Å². The average Bonchev–Trinajstić information content (AvgIpc) is 2.46. The van der Waals surface area contributed by atoms with Gasteiger partial charge in [0.05, 0.1) is 4.92 Å². The molecule has 0 N–H and O–H groups in total. The molecule has 0 aliphatic carbocycles. The van der Waals surface area contributed by atoms with E-state index in [1.54, 1.807) is 24.3 Å². The summed E-state index contributed by atoms with van der Waals surface area (Å²) in [7, 11) is 0. The van der Waals surface area contributed by atoms with Gasteiger partial charge < -0.3 is 9.47 Å². The van der Waals surface area contributed by atoms with Gasteiger partial charge in [-0.25, -0.2) is 9.18 Å². The highest BCUT2D eigenvalue weighted by atomic mass is 35.5. The highest BCUT2D eigenvalue weighted by molar-refractivity contribution is 6.30. The topological polar surface area (TPSA) is 78.7 Å². The van der Waals surface area contributed by atoms with Gasteiger partial charge in [0, 0.05) is 17.2 Å². The largest absolute Gasteiger partial charge is 0.482 e. The van der Waals surface area contributed by atoms with Crippen LogP contribution in [0.1, 0.15) is 0 Å². The van der Waals surface area contributed by atoms with Crippen LogP contribution in [0.4, 0.5) is 10.1 Å². The van der Waals surface area contributed by atoms with Crippen LogP contribution in [0.5, 0.6) is 11.5 Å².